The lowest BCUT2D eigenvalue weighted by atomic mass is 10.0. The summed E-state index contributed by atoms with van der Waals surface area (Å²) in [5.74, 6) is -1.31. The Kier molecular flexibility index (Phi) is 4.50. The van der Waals surface area contributed by atoms with Crippen molar-refractivity contribution in [2.24, 2.45) is 0 Å². The topological polar surface area (TPSA) is 92.2 Å². The van der Waals surface area contributed by atoms with Gasteiger partial charge in [0.2, 0.25) is 0 Å². The quantitative estimate of drug-likeness (QED) is 0.905. The van der Waals surface area contributed by atoms with Crippen LogP contribution in [0.25, 0.3) is 0 Å². The molecule has 0 radical (unpaired) electrons. The number of carbonyl (C=O) groups is 2. The molecular weight excluding hydrogens is 282 g/mol. The number of nitrogens with zero attached hydrogens (tertiary/aromatic N) is 2. The molecule has 0 saturated carbocycles. The number of nitrogens with one attached hydrogen (secondary N) is 1. The molecular formula is C16H17N3O3. The van der Waals surface area contributed by atoms with Crippen molar-refractivity contribution in [3.63, 3.8) is 0 Å². The molecule has 22 heavy (non-hydrogen) atoms. The Morgan fingerprint density at radius 3 is 2.59 bits per heavy atom. The number of benzene rings is 1. The molecule has 6 nitrogen and oxygen atoms in total. The van der Waals surface area contributed by atoms with Gasteiger partial charge in [-0.25, -0.2) is 14.8 Å². The zero-order valence-electron chi connectivity index (χ0n) is 12.6. The third-order valence-corrected chi connectivity index (χ3v) is 3.26. The summed E-state index contributed by atoms with van der Waals surface area (Å²) in [6.07, 6.45) is 2.87. The Morgan fingerprint density at radius 2 is 1.95 bits per heavy atom. The van der Waals surface area contributed by atoms with Gasteiger partial charge < -0.3 is 10.4 Å². The number of hydrogen-bond donors (Lipinski definition) is 2. The molecule has 0 fully saturated rings. The van der Waals surface area contributed by atoms with E-state index in [1.165, 1.54) is 18.6 Å². The third-order valence-electron chi connectivity index (χ3n) is 3.26. The molecule has 1 heterocycles. The van der Waals surface area contributed by atoms with Gasteiger partial charge in [-0.3, -0.25) is 4.79 Å². The van der Waals surface area contributed by atoms with Gasteiger partial charge in [0.05, 0.1) is 16.8 Å². The second-order valence-electron chi connectivity index (χ2n) is 5.27. The van der Waals surface area contributed by atoms with Crippen molar-refractivity contribution in [1.29, 1.82) is 0 Å². The lowest BCUT2D eigenvalue weighted by Gasteiger charge is -2.11. The number of amides is 1. The van der Waals surface area contributed by atoms with Gasteiger partial charge >= 0.3 is 5.97 Å². The van der Waals surface area contributed by atoms with Crippen LogP contribution in [0.2, 0.25) is 0 Å². The van der Waals surface area contributed by atoms with E-state index in [1.54, 1.807) is 19.1 Å². The maximum absolute atomic E-state index is 12.4. The smallest absolute Gasteiger partial charge is 0.336 e. The van der Waals surface area contributed by atoms with E-state index in [1.807, 2.05) is 13.8 Å². The molecule has 1 aromatic carbocycles. The molecule has 1 amide bonds. The van der Waals surface area contributed by atoms with Crippen LogP contribution in [-0.2, 0) is 0 Å². The Labute approximate surface area is 128 Å². The van der Waals surface area contributed by atoms with Gasteiger partial charge in [-0.05, 0) is 30.5 Å². The molecule has 114 valence electrons. The fraction of sp³-hybridized carbons (Fsp3) is 0.250. The summed E-state index contributed by atoms with van der Waals surface area (Å²) >= 11 is 0. The van der Waals surface area contributed by atoms with Gasteiger partial charge in [0.15, 0.2) is 0 Å². The van der Waals surface area contributed by atoms with E-state index in [-0.39, 0.29) is 17.4 Å². The summed E-state index contributed by atoms with van der Waals surface area (Å²) < 4.78 is 0. The largest absolute Gasteiger partial charge is 0.478 e. The van der Waals surface area contributed by atoms with Crippen LogP contribution in [0.5, 0.6) is 0 Å². The first-order chi connectivity index (χ1) is 10.4. The van der Waals surface area contributed by atoms with Crippen molar-refractivity contribution >= 4 is 17.6 Å². The normalized spacial score (nSPS) is 10.5. The van der Waals surface area contributed by atoms with Crippen molar-refractivity contribution < 1.29 is 14.7 Å². The van der Waals surface area contributed by atoms with Gasteiger partial charge in [0, 0.05) is 11.9 Å². The number of carbonyl (C=O) groups excluding carboxylic acids is 1. The van der Waals surface area contributed by atoms with Gasteiger partial charge in [-0.1, -0.05) is 19.9 Å². The molecule has 0 spiro atoms. The highest BCUT2D eigenvalue weighted by molar-refractivity contribution is 6.05. The molecule has 1 aromatic heterocycles. The minimum Gasteiger partial charge on any atom is -0.478 e. The predicted molar refractivity (Wildman–Crippen MR) is 82.2 cm³/mol. The Morgan fingerprint density at radius 1 is 1.23 bits per heavy atom. The Bertz CT molecular complexity index is 726. The molecule has 0 aliphatic carbocycles. The van der Waals surface area contributed by atoms with Crippen molar-refractivity contribution in [1.82, 2.24) is 9.97 Å². The van der Waals surface area contributed by atoms with Crippen molar-refractivity contribution in [3.05, 3.63) is 53.1 Å². The van der Waals surface area contributed by atoms with Crippen LogP contribution in [0.1, 0.15) is 51.7 Å². The van der Waals surface area contributed by atoms with Gasteiger partial charge in [-0.2, -0.15) is 0 Å². The summed E-state index contributed by atoms with van der Waals surface area (Å²) in [4.78, 5) is 31.5. The fourth-order valence-corrected chi connectivity index (χ4v) is 2.10. The summed E-state index contributed by atoms with van der Waals surface area (Å²) in [6.45, 7) is 5.58. The van der Waals surface area contributed by atoms with Crippen molar-refractivity contribution in [2.75, 3.05) is 5.32 Å². The molecule has 2 N–H and O–H groups in total. The minimum atomic E-state index is -1.03. The number of carboxylic acid groups (broad SMARTS) is 1. The summed E-state index contributed by atoms with van der Waals surface area (Å²) in [7, 11) is 0. The maximum atomic E-state index is 12.4. The maximum Gasteiger partial charge on any atom is 0.336 e. The van der Waals surface area contributed by atoms with E-state index in [0.717, 1.165) is 0 Å². The third kappa shape index (κ3) is 3.28. The average molecular weight is 299 g/mol. The summed E-state index contributed by atoms with van der Waals surface area (Å²) in [5.41, 5.74) is 2.25. The highest BCUT2D eigenvalue weighted by Crippen LogP contribution is 2.19. The average Bonchev–Trinajstić information content (AvgIpc) is 2.48. The molecule has 6 heteroatoms. The first kappa shape index (κ1) is 15.6. The number of carboxylic acids is 1. The first-order valence-electron chi connectivity index (χ1n) is 6.85. The van der Waals surface area contributed by atoms with Gasteiger partial charge in [0.25, 0.3) is 5.91 Å². The van der Waals surface area contributed by atoms with Crippen molar-refractivity contribution in [3.8, 4) is 0 Å². The number of aromatic nitrogens is 2. The number of aromatic carboxylic acids is 1. The molecule has 0 aliphatic heterocycles. The zero-order valence-corrected chi connectivity index (χ0v) is 12.6. The number of aryl methyl sites for hydroxylation is 1. The molecule has 2 rings (SSSR count). The molecule has 0 unspecified atom stereocenters. The first-order valence-corrected chi connectivity index (χ1v) is 6.85. The van der Waals surface area contributed by atoms with E-state index >= 15 is 0 Å². The lowest BCUT2D eigenvalue weighted by molar-refractivity contribution is 0.0695. The molecule has 2 aromatic rings. The van der Waals surface area contributed by atoms with Crippen LogP contribution in [0.3, 0.4) is 0 Å². The van der Waals surface area contributed by atoms with E-state index in [0.29, 0.717) is 22.5 Å². The summed E-state index contributed by atoms with van der Waals surface area (Å²) in [6, 6.07) is 4.76. The van der Waals surface area contributed by atoms with Crippen LogP contribution in [-0.4, -0.2) is 27.0 Å². The molecule has 0 aliphatic rings. The van der Waals surface area contributed by atoms with Crippen LogP contribution in [0.4, 0.5) is 5.69 Å². The summed E-state index contributed by atoms with van der Waals surface area (Å²) in [5, 5.41) is 11.8. The highest BCUT2D eigenvalue weighted by Gasteiger charge is 2.16. The number of anilines is 1. The molecule has 0 bridgehead atoms. The van der Waals surface area contributed by atoms with Gasteiger partial charge in [0.1, 0.15) is 6.33 Å². The number of hydrogen-bond acceptors (Lipinski definition) is 4. The van der Waals surface area contributed by atoms with Crippen LogP contribution in [0, 0.1) is 6.92 Å². The fourth-order valence-electron chi connectivity index (χ4n) is 2.10. The minimum absolute atomic E-state index is 0.0800. The predicted octanol–water partition coefficient (Wildman–Crippen LogP) is 2.86. The van der Waals surface area contributed by atoms with E-state index in [4.69, 9.17) is 5.11 Å². The zero-order chi connectivity index (χ0) is 16.3. The van der Waals surface area contributed by atoms with Crippen LogP contribution in [0.15, 0.2) is 30.7 Å². The van der Waals surface area contributed by atoms with Crippen molar-refractivity contribution in [2.45, 2.75) is 26.7 Å². The standard InChI is InChI=1S/C16H17N3O3/c1-9(2)14-13(7-17-8-18-14)15(20)19-11-5-4-10(3)12(6-11)16(21)22/h4-9H,1-3H3,(H,19,20)(H,21,22). The van der Waals surface area contributed by atoms with E-state index in [9.17, 15) is 9.59 Å². The van der Waals surface area contributed by atoms with Crippen LogP contribution < -0.4 is 5.32 Å². The van der Waals surface area contributed by atoms with E-state index in [2.05, 4.69) is 15.3 Å². The van der Waals surface area contributed by atoms with E-state index < -0.39 is 5.97 Å². The SMILES string of the molecule is Cc1ccc(NC(=O)c2cncnc2C(C)C)cc1C(=O)O. The van der Waals surface area contributed by atoms with Crippen LogP contribution >= 0.6 is 0 Å². The lowest BCUT2D eigenvalue weighted by Crippen LogP contribution is -2.16. The second-order valence-corrected chi connectivity index (χ2v) is 5.27. The number of rotatable bonds is 4. The Hall–Kier alpha value is -2.76. The second kappa shape index (κ2) is 6.34. The highest BCUT2D eigenvalue weighted by atomic mass is 16.4. The molecule has 0 saturated heterocycles. The molecule has 0 atom stereocenters. The Balaban J connectivity index is 2.30. The monoisotopic (exact) mass is 299 g/mol. The van der Waals surface area contributed by atoms with Gasteiger partial charge in [-0.15, -0.1) is 0 Å².